The molecule has 0 unspecified atom stereocenters. The van der Waals surface area contributed by atoms with Gasteiger partial charge in [0, 0.05) is 0 Å². The lowest BCUT2D eigenvalue weighted by Gasteiger charge is -2.16. The Balaban J connectivity index is 1.64. The minimum atomic E-state index is -3.46. The standard InChI is InChI=1S/C20H18F2O6S/c21-15-5-1-3-7-17(15)27-19(23)9-13-11-29(25,26)12-14(13)10-20(24)28-18-8-4-2-6-16(18)22/h1-8,13-14H,9-12H2/t13-,14-/m0/s1. The third kappa shape index (κ3) is 5.60. The van der Waals surface area contributed by atoms with Crippen molar-refractivity contribution in [3.63, 3.8) is 0 Å². The van der Waals surface area contributed by atoms with Gasteiger partial charge in [0.1, 0.15) is 0 Å². The van der Waals surface area contributed by atoms with Crippen molar-refractivity contribution >= 4 is 21.8 Å². The van der Waals surface area contributed by atoms with Crippen molar-refractivity contribution in [2.75, 3.05) is 11.5 Å². The summed E-state index contributed by atoms with van der Waals surface area (Å²) in [4.78, 5) is 24.3. The molecule has 6 nitrogen and oxygen atoms in total. The molecule has 1 heterocycles. The van der Waals surface area contributed by atoms with Gasteiger partial charge in [-0.1, -0.05) is 24.3 Å². The Labute approximate surface area is 166 Å². The van der Waals surface area contributed by atoms with Crippen LogP contribution in [0.2, 0.25) is 0 Å². The Morgan fingerprint density at radius 3 is 1.55 bits per heavy atom. The molecule has 0 N–H and O–H groups in total. The van der Waals surface area contributed by atoms with Gasteiger partial charge >= 0.3 is 11.9 Å². The molecule has 0 radical (unpaired) electrons. The quantitative estimate of drug-likeness (QED) is 0.524. The molecule has 0 bridgehead atoms. The van der Waals surface area contributed by atoms with Gasteiger partial charge in [-0.05, 0) is 36.1 Å². The van der Waals surface area contributed by atoms with Crippen molar-refractivity contribution in [1.29, 1.82) is 0 Å². The Hall–Kier alpha value is -2.81. The van der Waals surface area contributed by atoms with Crippen LogP contribution in [0.15, 0.2) is 48.5 Å². The lowest BCUT2D eigenvalue weighted by atomic mass is 9.90. The highest BCUT2D eigenvalue weighted by Gasteiger charge is 2.40. The highest BCUT2D eigenvalue weighted by atomic mass is 32.2. The zero-order valence-corrected chi connectivity index (χ0v) is 16.0. The van der Waals surface area contributed by atoms with Crippen LogP contribution in [0, 0.1) is 23.5 Å². The summed E-state index contributed by atoms with van der Waals surface area (Å²) in [5, 5.41) is 0. The maximum absolute atomic E-state index is 13.6. The smallest absolute Gasteiger partial charge is 0.311 e. The molecule has 0 spiro atoms. The van der Waals surface area contributed by atoms with Crippen molar-refractivity contribution < 1.29 is 36.3 Å². The molecule has 0 aliphatic carbocycles. The number of esters is 2. The normalized spacial score (nSPS) is 20.2. The fourth-order valence-electron chi connectivity index (χ4n) is 3.26. The van der Waals surface area contributed by atoms with E-state index >= 15 is 0 Å². The van der Waals surface area contributed by atoms with Crippen molar-refractivity contribution in [3.8, 4) is 11.5 Å². The topological polar surface area (TPSA) is 86.7 Å². The number of ether oxygens (including phenoxy) is 2. The molecule has 0 amide bonds. The monoisotopic (exact) mass is 424 g/mol. The van der Waals surface area contributed by atoms with Crippen molar-refractivity contribution in [2.45, 2.75) is 12.8 Å². The van der Waals surface area contributed by atoms with E-state index in [-0.39, 0.29) is 35.8 Å². The number of hydrogen-bond acceptors (Lipinski definition) is 6. The van der Waals surface area contributed by atoms with Crippen molar-refractivity contribution in [1.82, 2.24) is 0 Å². The molecule has 154 valence electrons. The molecular formula is C20H18F2O6S. The summed E-state index contributed by atoms with van der Waals surface area (Å²) >= 11 is 0. The molecular weight excluding hydrogens is 406 g/mol. The van der Waals surface area contributed by atoms with E-state index in [0.717, 1.165) is 12.1 Å². The first-order valence-electron chi connectivity index (χ1n) is 8.84. The predicted octanol–water partition coefficient (Wildman–Crippen LogP) is 2.92. The Morgan fingerprint density at radius 2 is 1.17 bits per heavy atom. The summed E-state index contributed by atoms with van der Waals surface area (Å²) in [5.41, 5.74) is 0. The number of benzene rings is 2. The van der Waals surface area contributed by atoms with Gasteiger partial charge in [-0.3, -0.25) is 9.59 Å². The molecule has 3 rings (SSSR count). The van der Waals surface area contributed by atoms with Crippen LogP contribution in [0.3, 0.4) is 0 Å². The molecule has 1 aliphatic heterocycles. The van der Waals surface area contributed by atoms with Crippen molar-refractivity contribution in [3.05, 3.63) is 60.2 Å². The van der Waals surface area contributed by atoms with Gasteiger partial charge in [0.25, 0.3) is 0 Å². The number of rotatable bonds is 6. The van der Waals surface area contributed by atoms with Gasteiger partial charge in [0.05, 0.1) is 24.3 Å². The second kappa shape index (κ2) is 8.69. The Bertz CT molecular complexity index is 946. The molecule has 0 aromatic heterocycles. The van der Waals surface area contributed by atoms with Gasteiger partial charge in [-0.15, -0.1) is 0 Å². The van der Waals surface area contributed by atoms with Crippen molar-refractivity contribution in [2.24, 2.45) is 11.8 Å². The molecule has 1 saturated heterocycles. The zero-order chi connectivity index (χ0) is 21.0. The molecule has 1 aliphatic rings. The summed E-state index contributed by atoms with van der Waals surface area (Å²) in [6.07, 6.45) is -0.601. The first-order valence-corrected chi connectivity index (χ1v) is 10.7. The van der Waals surface area contributed by atoms with Crippen LogP contribution in [0.5, 0.6) is 11.5 Å². The molecule has 2 atom stereocenters. The van der Waals surface area contributed by atoms with E-state index < -0.39 is 45.2 Å². The van der Waals surface area contributed by atoms with Crippen LogP contribution in [0.25, 0.3) is 0 Å². The van der Waals surface area contributed by atoms with Gasteiger partial charge in [0.2, 0.25) is 0 Å². The van der Waals surface area contributed by atoms with E-state index in [9.17, 15) is 26.8 Å². The van der Waals surface area contributed by atoms with E-state index in [1.165, 1.54) is 36.4 Å². The fourth-order valence-corrected chi connectivity index (χ4v) is 5.48. The molecule has 2 aromatic rings. The lowest BCUT2D eigenvalue weighted by molar-refractivity contribution is -0.138. The van der Waals surface area contributed by atoms with Crippen LogP contribution < -0.4 is 9.47 Å². The third-order valence-corrected chi connectivity index (χ3v) is 6.45. The van der Waals surface area contributed by atoms with E-state index in [1.54, 1.807) is 0 Å². The highest BCUT2D eigenvalue weighted by Crippen LogP contribution is 2.32. The number of carbonyl (C=O) groups excluding carboxylic acids is 2. The van der Waals surface area contributed by atoms with Crippen LogP contribution in [0.4, 0.5) is 8.78 Å². The molecule has 2 aromatic carbocycles. The molecule has 0 saturated carbocycles. The van der Waals surface area contributed by atoms with E-state index in [1.807, 2.05) is 0 Å². The third-order valence-electron chi connectivity index (χ3n) is 4.58. The zero-order valence-electron chi connectivity index (χ0n) is 15.2. The maximum atomic E-state index is 13.6. The van der Waals surface area contributed by atoms with E-state index in [0.29, 0.717) is 0 Å². The van der Waals surface area contributed by atoms with Gasteiger partial charge in [-0.2, -0.15) is 0 Å². The van der Waals surface area contributed by atoms with Crippen LogP contribution in [-0.2, 0) is 19.4 Å². The number of para-hydroxylation sites is 2. The molecule has 29 heavy (non-hydrogen) atoms. The first-order chi connectivity index (χ1) is 13.7. The summed E-state index contributed by atoms with van der Waals surface area (Å²) in [5.74, 6) is -5.51. The average molecular weight is 424 g/mol. The van der Waals surface area contributed by atoms with Gasteiger partial charge in [-0.25, -0.2) is 17.2 Å². The molecule has 9 heteroatoms. The van der Waals surface area contributed by atoms with Gasteiger partial charge in [0.15, 0.2) is 33.0 Å². The largest absolute Gasteiger partial charge is 0.423 e. The highest BCUT2D eigenvalue weighted by molar-refractivity contribution is 7.91. The summed E-state index contributed by atoms with van der Waals surface area (Å²) in [6, 6.07) is 10.7. The molecule has 1 fully saturated rings. The number of halogens is 2. The lowest BCUT2D eigenvalue weighted by Crippen LogP contribution is -2.24. The van der Waals surface area contributed by atoms with Crippen LogP contribution in [-0.4, -0.2) is 31.9 Å². The second-order valence-electron chi connectivity index (χ2n) is 6.81. The Kier molecular flexibility index (Phi) is 6.26. The van der Waals surface area contributed by atoms with Crippen LogP contribution >= 0.6 is 0 Å². The van der Waals surface area contributed by atoms with E-state index in [4.69, 9.17) is 9.47 Å². The summed E-state index contributed by atoms with van der Waals surface area (Å²) in [6.45, 7) is 0. The fraction of sp³-hybridized carbons (Fsp3) is 0.300. The Morgan fingerprint density at radius 1 is 0.793 bits per heavy atom. The average Bonchev–Trinajstić information content (AvgIpc) is 2.92. The minimum absolute atomic E-state index is 0.256. The first kappa shape index (κ1) is 20.9. The minimum Gasteiger partial charge on any atom is -0.423 e. The second-order valence-corrected chi connectivity index (χ2v) is 8.97. The maximum Gasteiger partial charge on any atom is 0.311 e. The number of hydrogen-bond donors (Lipinski definition) is 0. The number of carbonyl (C=O) groups is 2. The van der Waals surface area contributed by atoms with Gasteiger partial charge < -0.3 is 9.47 Å². The predicted molar refractivity (Wildman–Crippen MR) is 98.9 cm³/mol. The SMILES string of the molecule is O=C(C[C@H]1CS(=O)(=O)C[C@@H]1CC(=O)Oc1ccccc1F)Oc1ccccc1F. The van der Waals surface area contributed by atoms with E-state index in [2.05, 4.69) is 0 Å². The van der Waals surface area contributed by atoms with Crippen LogP contribution in [0.1, 0.15) is 12.8 Å². The summed E-state index contributed by atoms with van der Waals surface area (Å²) in [7, 11) is -3.46. The number of sulfone groups is 1. The summed E-state index contributed by atoms with van der Waals surface area (Å²) < 4.78 is 61.2.